The van der Waals surface area contributed by atoms with Crippen LogP contribution in [-0.4, -0.2) is 21.4 Å². The van der Waals surface area contributed by atoms with Crippen LogP contribution in [-0.2, 0) is 24.8 Å². The maximum Gasteiger partial charge on any atom is 0.227 e. The minimum absolute atomic E-state index is 0.0999. The molecule has 0 aliphatic heterocycles. The van der Waals surface area contributed by atoms with Gasteiger partial charge in [-0.2, -0.15) is 0 Å². The van der Waals surface area contributed by atoms with E-state index in [-0.39, 0.29) is 5.78 Å². The Morgan fingerprint density at radius 3 is 2.46 bits per heavy atom. The van der Waals surface area contributed by atoms with Crippen LogP contribution in [0.2, 0.25) is 0 Å². The molecule has 0 saturated heterocycles. The van der Waals surface area contributed by atoms with Gasteiger partial charge in [0.25, 0.3) is 0 Å². The molecule has 28 heavy (non-hydrogen) atoms. The van der Waals surface area contributed by atoms with E-state index in [1.54, 1.807) is 17.0 Å². The molecule has 0 fully saturated rings. The SMILES string of the molecule is Cn1ccnc1C(=O)[C@H](Cc1ccccc1)OCc1ccc2ccccc2c1. The van der Waals surface area contributed by atoms with E-state index in [4.69, 9.17) is 4.74 Å². The zero-order valence-electron chi connectivity index (χ0n) is 15.8. The van der Waals surface area contributed by atoms with Crippen molar-refractivity contribution >= 4 is 16.6 Å². The van der Waals surface area contributed by atoms with E-state index < -0.39 is 6.10 Å². The van der Waals surface area contributed by atoms with E-state index >= 15 is 0 Å². The Kier molecular flexibility index (Phi) is 5.31. The number of carbonyl (C=O) groups excluding carboxylic acids is 1. The summed E-state index contributed by atoms with van der Waals surface area (Å²) in [6.45, 7) is 0.374. The molecule has 0 unspecified atom stereocenters. The molecule has 4 aromatic rings. The Labute approximate surface area is 164 Å². The Morgan fingerprint density at radius 1 is 0.964 bits per heavy atom. The van der Waals surface area contributed by atoms with Crippen LogP contribution in [0.1, 0.15) is 21.7 Å². The lowest BCUT2D eigenvalue weighted by Crippen LogP contribution is -2.29. The molecule has 1 aromatic heterocycles. The molecule has 4 nitrogen and oxygen atoms in total. The van der Waals surface area contributed by atoms with Crippen molar-refractivity contribution in [3.05, 3.63) is 102 Å². The van der Waals surface area contributed by atoms with Crippen molar-refractivity contribution in [2.24, 2.45) is 7.05 Å². The van der Waals surface area contributed by atoms with Gasteiger partial charge in [-0.1, -0.05) is 66.7 Å². The van der Waals surface area contributed by atoms with Gasteiger partial charge < -0.3 is 9.30 Å². The molecule has 0 spiro atoms. The first-order valence-corrected chi connectivity index (χ1v) is 9.35. The van der Waals surface area contributed by atoms with Crippen molar-refractivity contribution in [3.8, 4) is 0 Å². The minimum Gasteiger partial charge on any atom is -0.365 e. The average Bonchev–Trinajstić information content (AvgIpc) is 3.17. The van der Waals surface area contributed by atoms with Crippen molar-refractivity contribution in [1.29, 1.82) is 0 Å². The first-order valence-electron chi connectivity index (χ1n) is 9.35. The Morgan fingerprint density at radius 2 is 1.71 bits per heavy atom. The molecular weight excluding hydrogens is 348 g/mol. The van der Waals surface area contributed by atoms with Crippen molar-refractivity contribution in [2.45, 2.75) is 19.1 Å². The van der Waals surface area contributed by atoms with E-state index in [0.717, 1.165) is 11.1 Å². The number of hydrogen-bond donors (Lipinski definition) is 0. The minimum atomic E-state index is -0.588. The number of ether oxygens (including phenoxy) is 1. The molecular formula is C24H22N2O2. The van der Waals surface area contributed by atoms with Crippen LogP contribution in [0.15, 0.2) is 85.2 Å². The molecule has 0 saturated carbocycles. The Balaban J connectivity index is 1.55. The second kappa shape index (κ2) is 8.19. The number of aryl methyl sites for hydroxylation is 1. The van der Waals surface area contributed by atoms with Gasteiger partial charge in [-0.15, -0.1) is 0 Å². The number of Topliss-reactive ketones (excluding diaryl/α,β-unsaturated/α-hetero) is 1. The molecule has 0 N–H and O–H groups in total. The third-order valence-corrected chi connectivity index (χ3v) is 4.86. The number of rotatable bonds is 7. The first-order chi connectivity index (χ1) is 13.7. The highest BCUT2D eigenvalue weighted by atomic mass is 16.5. The number of nitrogens with zero attached hydrogens (tertiary/aromatic N) is 2. The number of benzene rings is 3. The molecule has 1 atom stereocenters. The molecule has 3 aromatic carbocycles. The van der Waals surface area contributed by atoms with Crippen molar-refractivity contribution < 1.29 is 9.53 Å². The highest BCUT2D eigenvalue weighted by Gasteiger charge is 2.24. The predicted molar refractivity (Wildman–Crippen MR) is 110 cm³/mol. The molecule has 0 aliphatic carbocycles. The van der Waals surface area contributed by atoms with E-state index in [0.29, 0.717) is 18.9 Å². The standard InChI is InChI=1S/C24H22N2O2/c1-26-14-13-25-24(26)23(27)22(16-18-7-3-2-4-8-18)28-17-19-11-12-20-9-5-6-10-21(20)15-19/h2-15,22H,16-17H2,1H3/t22-/m0/s1. The van der Waals surface area contributed by atoms with Crippen LogP contribution in [0, 0.1) is 0 Å². The van der Waals surface area contributed by atoms with Crippen molar-refractivity contribution in [3.63, 3.8) is 0 Å². The average molecular weight is 370 g/mol. The van der Waals surface area contributed by atoms with Crippen LogP contribution in [0.3, 0.4) is 0 Å². The second-order valence-electron chi connectivity index (χ2n) is 6.90. The second-order valence-corrected chi connectivity index (χ2v) is 6.90. The number of aromatic nitrogens is 2. The van der Waals surface area contributed by atoms with Crippen LogP contribution >= 0.6 is 0 Å². The molecule has 0 bridgehead atoms. The fraction of sp³-hybridized carbons (Fsp3) is 0.167. The summed E-state index contributed by atoms with van der Waals surface area (Å²) in [6, 6.07) is 24.4. The summed E-state index contributed by atoms with van der Waals surface area (Å²) in [5, 5.41) is 2.36. The molecule has 1 heterocycles. The van der Waals surface area contributed by atoms with E-state index in [9.17, 15) is 4.79 Å². The number of fused-ring (bicyclic) bond motifs is 1. The normalized spacial score (nSPS) is 12.2. The Bertz CT molecular complexity index is 1090. The topological polar surface area (TPSA) is 44.1 Å². The highest BCUT2D eigenvalue weighted by molar-refractivity contribution is 5.96. The lowest BCUT2D eigenvalue weighted by Gasteiger charge is -2.17. The third-order valence-electron chi connectivity index (χ3n) is 4.86. The third kappa shape index (κ3) is 4.02. The van der Waals surface area contributed by atoms with Gasteiger partial charge in [0.2, 0.25) is 5.78 Å². The summed E-state index contributed by atoms with van der Waals surface area (Å²) < 4.78 is 7.85. The van der Waals surface area contributed by atoms with Gasteiger partial charge in [0.1, 0.15) is 6.10 Å². The molecule has 0 amide bonds. The van der Waals surface area contributed by atoms with Crippen molar-refractivity contribution in [1.82, 2.24) is 9.55 Å². The van der Waals surface area contributed by atoms with E-state index in [2.05, 4.69) is 29.2 Å². The summed E-state index contributed by atoms with van der Waals surface area (Å²) >= 11 is 0. The molecule has 140 valence electrons. The van der Waals surface area contributed by atoms with Gasteiger partial charge in [0.15, 0.2) is 5.82 Å². The van der Waals surface area contributed by atoms with Gasteiger partial charge in [-0.05, 0) is 28.0 Å². The number of carbonyl (C=O) groups is 1. The van der Waals surface area contributed by atoms with E-state index in [1.807, 2.05) is 55.6 Å². The Hall–Kier alpha value is -3.24. The summed E-state index contributed by atoms with van der Waals surface area (Å²) in [6.07, 6.45) is 3.34. The molecule has 4 rings (SSSR count). The lowest BCUT2D eigenvalue weighted by molar-refractivity contribution is 0.0331. The van der Waals surface area contributed by atoms with Gasteiger partial charge in [-0.3, -0.25) is 4.79 Å². The van der Waals surface area contributed by atoms with E-state index in [1.165, 1.54) is 10.8 Å². The molecule has 4 heteroatoms. The summed E-state index contributed by atoms with van der Waals surface area (Å²) in [5.41, 5.74) is 2.11. The largest absolute Gasteiger partial charge is 0.365 e. The quantitative estimate of drug-likeness (QED) is 0.447. The maximum atomic E-state index is 13.1. The van der Waals surface area contributed by atoms with Crippen LogP contribution in [0.5, 0.6) is 0 Å². The van der Waals surface area contributed by atoms with Crippen LogP contribution in [0.25, 0.3) is 10.8 Å². The fourth-order valence-corrected chi connectivity index (χ4v) is 3.33. The monoisotopic (exact) mass is 370 g/mol. The smallest absolute Gasteiger partial charge is 0.227 e. The molecule has 0 radical (unpaired) electrons. The summed E-state index contributed by atoms with van der Waals surface area (Å²) in [4.78, 5) is 17.3. The highest BCUT2D eigenvalue weighted by Crippen LogP contribution is 2.18. The van der Waals surface area contributed by atoms with Gasteiger partial charge in [-0.25, -0.2) is 4.98 Å². The summed E-state index contributed by atoms with van der Waals surface area (Å²) in [5.74, 6) is 0.316. The predicted octanol–water partition coefficient (Wildman–Crippen LogP) is 4.58. The van der Waals surface area contributed by atoms with Gasteiger partial charge in [0, 0.05) is 25.9 Å². The number of ketones is 1. The van der Waals surface area contributed by atoms with Crippen molar-refractivity contribution in [2.75, 3.05) is 0 Å². The fourth-order valence-electron chi connectivity index (χ4n) is 3.33. The zero-order chi connectivity index (χ0) is 19.3. The first kappa shape index (κ1) is 18.1. The summed E-state index contributed by atoms with van der Waals surface area (Å²) in [7, 11) is 1.82. The number of imidazole rings is 1. The van der Waals surface area contributed by atoms with Crippen LogP contribution < -0.4 is 0 Å². The van der Waals surface area contributed by atoms with Crippen LogP contribution in [0.4, 0.5) is 0 Å². The molecule has 0 aliphatic rings. The van der Waals surface area contributed by atoms with Gasteiger partial charge in [0.05, 0.1) is 6.61 Å². The zero-order valence-corrected chi connectivity index (χ0v) is 15.8. The van der Waals surface area contributed by atoms with Gasteiger partial charge >= 0.3 is 0 Å². The number of hydrogen-bond acceptors (Lipinski definition) is 3. The maximum absolute atomic E-state index is 13.1. The lowest BCUT2D eigenvalue weighted by atomic mass is 10.0.